The van der Waals surface area contributed by atoms with Gasteiger partial charge < -0.3 is 14.7 Å². The zero-order valence-corrected chi connectivity index (χ0v) is 12.1. The van der Waals surface area contributed by atoms with E-state index in [0.29, 0.717) is 18.7 Å². The second kappa shape index (κ2) is 6.05. The molecule has 0 bridgehead atoms. The molecule has 108 valence electrons. The van der Waals surface area contributed by atoms with Crippen LogP contribution in [0.1, 0.15) is 13.3 Å². The lowest BCUT2D eigenvalue weighted by molar-refractivity contribution is -0.116. The fourth-order valence-corrected chi connectivity index (χ4v) is 2.28. The van der Waals surface area contributed by atoms with Crippen molar-refractivity contribution >= 4 is 22.9 Å². The van der Waals surface area contributed by atoms with E-state index in [9.17, 15) is 4.79 Å². The molecule has 1 aromatic carbocycles. The lowest BCUT2D eigenvalue weighted by Crippen LogP contribution is -2.35. The monoisotopic (exact) mass is 276 g/mol. The smallest absolute Gasteiger partial charge is 0.181 e. The molecular formula is C15H20N2O3. The molecule has 0 saturated heterocycles. The summed E-state index contributed by atoms with van der Waals surface area (Å²) in [4.78, 5) is 18.8. The van der Waals surface area contributed by atoms with E-state index in [1.165, 1.54) is 0 Å². The van der Waals surface area contributed by atoms with Gasteiger partial charge in [0.15, 0.2) is 5.78 Å². The number of nitrogens with zero attached hydrogens (tertiary/aromatic N) is 2. The van der Waals surface area contributed by atoms with Gasteiger partial charge in [0.1, 0.15) is 11.5 Å². The lowest BCUT2D eigenvalue weighted by atomic mass is 9.98. The van der Waals surface area contributed by atoms with E-state index >= 15 is 0 Å². The van der Waals surface area contributed by atoms with Crippen molar-refractivity contribution in [1.82, 2.24) is 0 Å². The Balaban J connectivity index is 2.32. The fourth-order valence-electron chi connectivity index (χ4n) is 2.28. The van der Waals surface area contributed by atoms with Crippen molar-refractivity contribution in [2.24, 2.45) is 10.9 Å². The minimum Gasteiger partial charge on any atom is -0.497 e. The van der Waals surface area contributed by atoms with Gasteiger partial charge in [-0.25, -0.2) is 4.99 Å². The second-order valence-electron chi connectivity index (χ2n) is 5.05. The van der Waals surface area contributed by atoms with E-state index in [1.54, 1.807) is 7.11 Å². The third-order valence-corrected chi connectivity index (χ3v) is 3.53. The SMILES string of the molecule is COc1ccc2c(c1)N=C(C(=O)C(C)CCO)CN2C. The summed E-state index contributed by atoms with van der Waals surface area (Å²) in [5, 5.41) is 8.94. The Hall–Kier alpha value is -1.88. The van der Waals surface area contributed by atoms with Crippen molar-refractivity contribution < 1.29 is 14.6 Å². The number of carbonyl (C=O) groups is 1. The summed E-state index contributed by atoms with van der Waals surface area (Å²) < 4.78 is 5.19. The number of aliphatic imine (C=N–C) groups is 1. The molecule has 1 aromatic rings. The van der Waals surface area contributed by atoms with Gasteiger partial charge in [0.05, 0.1) is 25.0 Å². The van der Waals surface area contributed by atoms with Crippen LogP contribution in [0.5, 0.6) is 5.75 Å². The highest BCUT2D eigenvalue weighted by Gasteiger charge is 2.25. The summed E-state index contributed by atoms with van der Waals surface area (Å²) in [5.74, 6) is 0.511. The number of fused-ring (bicyclic) bond motifs is 1. The molecule has 0 aromatic heterocycles. The second-order valence-corrected chi connectivity index (χ2v) is 5.05. The minimum atomic E-state index is -0.209. The molecule has 0 fully saturated rings. The molecule has 2 rings (SSSR count). The molecular weight excluding hydrogens is 256 g/mol. The van der Waals surface area contributed by atoms with Crippen molar-refractivity contribution in [3.63, 3.8) is 0 Å². The average Bonchev–Trinajstić information content (AvgIpc) is 2.45. The summed E-state index contributed by atoms with van der Waals surface area (Å²) in [6, 6.07) is 5.65. The van der Waals surface area contributed by atoms with Gasteiger partial charge in [-0.05, 0) is 18.6 Å². The van der Waals surface area contributed by atoms with Crippen LogP contribution in [0.2, 0.25) is 0 Å². The van der Waals surface area contributed by atoms with E-state index in [0.717, 1.165) is 17.1 Å². The Kier molecular flexibility index (Phi) is 4.39. The Morgan fingerprint density at radius 1 is 1.55 bits per heavy atom. The van der Waals surface area contributed by atoms with Crippen LogP contribution in [0.15, 0.2) is 23.2 Å². The number of benzene rings is 1. The molecule has 5 heteroatoms. The number of hydrogen-bond acceptors (Lipinski definition) is 5. The van der Waals surface area contributed by atoms with Crippen molar-refractivity contribution in [3.8, 4) is 5.75 Å². The Bertz CT molecular complexity index is 540. The largest absolute Gasteiger partial charge is 0.497 e. The number of Topliss-reactive ketones (excluding diaryl/α,β-unsaturated/α-hetero) is 1. The van der Waals surface area contributed by atoms with Gasteiger partial charge in [-0.1, -0.05) is 6.92 Å². The van der Waals surface area contributed by atoms with Gasteiger partial charge in [0.2, 0.25) is 0 Å². The first-order valence-corrected chi connectivity index (χ1v) is 6.68. The van der Waals surface area contributed by atoms with E-state index in [2.05, 4.69) is 4.99 Å². The van der Waals surface area contributed by atoms with Crippen molar-refractivity contribution in [2.45, 2.75) is 13.3 Å². The molecule has 0 saturated carbocycles. The van der Waals surface area contributed by atoms with Crippen LogP contribution in [0, 0.1) is 5.92 Å². The first-order chi connectivity index (χ1) is 9.56. The molecule has 5 nitrogen and oxygen atoms in total. The number of aliphatic hydroxyl groups excluding tert-OH is 1. The molecule has 1 aliphatic rings. The zero-order valence-electron chi connectivity index (χ0n) is 12.1. The van der Waals surface area contributed by atoms with Crippen LogP contribution in [-0.4, -0.2) is 43.9 Å². The third-order valence-electron chi connectivity index (χ3n) is 3.53. The number of ether oxygens (including phenoxy) is 1. The van der Waals surface area contributed by atoms with Gasteiger partial charge in [-0.3, -0.25) is 4.79 Å². The van der Waals surface area contributed by atoms with E-state index in [4.69, 9.17) is 9.84 Å². The number of rotatable bonds is 5. The number of ketones is 1. The van der Waals surface area contributed by atoms with E-state index in [-0.39, 0.29) is 18.3 Å². The van der Waals surface area contributed by atoms with E-state index in [1.807, 2.05) is 37.1 Å². The predicted molar refractivity (Wildman–Crippen MR) is 79.2 cm³/mol. The molecule has 0 radical (unpaired) electrons. The standard InChI is InChI=1S/C15H20N2O3/c1-10(6-7-18)15(19)13-9-17(2)14-5-4-11(20-3)8-12(14)16-13/h4-5,8,10,18H,6-7,9H2,1-3H3. The van der Waals surface area contributed by atoms with Gasteiger partial charge in [-0.15, -0.1) is 0 Å². The highest BCUT2D eigenvalue weighted by molar-refractivity contribution is 6.42. The Labute approximate surface area is 118 Å². The molecule has 1 N–H and O–H groups in total. The summed E-state index contributed by atoms with van der Waals surface area (Å²) in [6.07, 6.45) is 0.465. The van der Waals surface area contributed by atoms with Gasteiger partial charge >= 0.3 is 0 Å². The minimum absolute atomic E-state index is 0.000583. The van der Waals surface area contributed by atoms with Crippen LogP contribution in [0.25, 0.3) is 0 Å². The first kappa shape index (κ1) is 14.5. The quantitative estimate of drug-likeness (QED) is 0.891. The number of methoxy groups -OCH3 is 1. The Morgan fingerprint density at radius 2 is 2.30 bits per heavy atom. The highest BCUT2D eigenvalue weighted by Crippen LogP contribution is 2.35. The maximum Gasteiger partial charge on any atom is 0.181 e. The predicted octanol–water partition coefficient (Wildman–Crippen LogP) is 1.81. The van der Waals surface area contributed by atoms with Crippen molar-refractivity contribution in [3.05, 3.63) is 18.2 Å². The van der Waals surface area contributed by atoms with Gasteiger partial charge in [0, 0.05) is 25.6 Å². The van der Waals surface area contributed by atoms with Crippen LogP contribution >= 0.6 is 0 Å². The Morgan fingerprint density at radius 3 is 2.95 bits per heavy atom. The molecule has 1 aliphatic heterocycles. The molecule has 20 heavy (non-hydrogen) atoms. The molecule has 0 aliphatic carbocycles. The maximum atomic E-state index is 12.3. The van der Waals surface area contributed by atoms with Crippen molar-refractivity contribution in [1.29, 1.82) is 0 Å². The van der Waals surface area contributed by atoms with Crippen LogP contribution < -0.4 is 9.64 Å². The normalized spacial score (nSPS) is 15.4. The fraction of sp³-hybridized carbons (Fsp3) is 0.467. The summed E-state index contributed by atoms with van der Waals surface area (Å²) >= 11 is 0. The number of hydrogen-bond donors (Lipinski definition) is 1. The topological polar surface area (TPSA) is 62.1 Å². The van der Waals surface area contributed by atoms with Crippen LogP contribution in [-0.2, 0) is 4.79 Å². The number of aliphatic hydroxyl groups is 1. The average molecular weight is 276 g/mol. The molecule has 0 spiro atoms. The van der Waals surface area contributed by atoms with Gasteiger partial charge in [0.25, 0.3) is 0 Å². The highest BCUT2D eigenvalue weighted by atomic mass is 16.5. The van der Waals surface area contributed by atoms with Crippen LogP contribution in [0.4, 0.5) is 11.4 Å². The number of anilines is 1. The lowest BCUT2D eigenvalue weighted by Gasteiger charge is -2.27. The van der Waals surface area contributed by atoms with Crippen molar-refractivity contribution in [2.75, 3.05) is 32.2 Å². The number of carbonyl (C=O) groups excluding carboxylic acids is 1. The van der Waals surface area contributed by atoms with Crippen LogP contribution in [0.3, 0.4) is 0 Å². The summed E-state index contributed by atoms with van der Waals surface area (Å²) in [5.41, 5.74) is 2.27. The summed E-state index contributed by atoms with van der Waals surface area (Å²) in [6.45, 7) is 2.33. The molecule has 1 unspecified atom stereocenters. The maximum absolute atomic E-state index is 12.3. The summed E-state index contributed by atoms with van der Waals surface area (Å²) in [7, 11) is 3.54. The molecule has 1 heterocycles. The van der Waals surface area contributed by atoms with Gasteiger partial charge in [-0.2, -0.15) is 0 Å². The zero-order chi connectivity index (χ0) is 14.7. The van der Waals surface area contributed by atoms with E-state index < -0.39 is 0 Å². The third kappa shape index (κ3) is 2.82. The molecule has 1 atom stereocenters. The first-order valence-electron chi connectivity index (χ1n) is 6.68. The molecule has 0 amide bonds.